The van der Waals surface area contributed by atoms with Crippen LogP contribution in [-0.4, -0.2) is 21.8 Å². The fourth-order valence-corrected chi connectivity index (χ4v) is 3.92. The predicted molar refractivity (Wildman–Crippen MR) is 127 cm³/mol. The van der Waals surface area contributed by atoms with Crippen LogP contribution in [0.3, 0.4) is 0 Å². The van der Waals surface area contributed by atoms with E-state index in [1.54, 1.807) is 36.4 Å². The minimum atomic E-state index is -2.42. The highest BCUT2D eigenvalue weighted by Crippen LogP contribution is 2.35. The van der Waals surface area contributed by atoms with Crippen LogP contribution in [0.25, 0.3) is 0 Å². The third kappa shape index (κ3) is 5.27. The van der Waals surface area contributed by atoms with Crippen LogP contribution in [0.5, 0.6) is 11.5 Å². The second-order valence-electron chi connectivity index (χ2n) is 7.24. The van der Waals surface area contributed by atoms with Crippen molar-refractivity contribution in [3.05, 3.63) is 77.4 Å². The van der Waals surface area contributed by atoms with Crippen molar-refractivity contribution < 1.29 is 23.0 Å². The van der Waals surface area contributed by atoms with Crippen molar-refractivity contribution in [1.29, 1.82) is 0 Å². The predicted octanol–water partition coefficient (Wildman–Crippen LogP) is 5.38. The molecule has 0 spiro atoms. The summed E-state index contributed by atoms with van der Waals surface area (Å²) in [5, 5.41) is 0. The lowest BCUT2D eigenvalue weighted by Gasteiger charge is -2.23. The molecule has 0 saturated carbocycles. The normalized spacial score (nSPS) is 11.6. The number of benzene rings is 3. The zero-order chi connectivity index (χ0) is 23.3. The Morgan fingerprint density at radius 3 is 2.34 bits per heavy atom. The number of nitrogens with zero attached hydrogens (tertiary/aromatic N) is 1. The van der Waals surface area contributed by atoms with Gasteiger partial charge in [0.25, 0.3) is 11.3 Å². The molecule has 0 aliphatic carbocycles. The third-order valence-electron chi connectivity index (χ3n) is 4.89. The summed E-state index contributed by atoms with van der Waals surface area (Å²) in [6, 6.07) is 17.1. The minimum absolute atomic E-state index is 0.0946. The van der Waals surface area contributed by atoms with Crippen LogP contribution < -0.4 is 14.8 Å². The van der Waals surface area contributed by atoms with E-state index in [1.807, 2.05) is 25.1 Å². The number of ether oxygens (including phenoxy) is 2. The molecule has 3 N–H and O–H groups in total. The Morgan fingerprint density at radius 2 is 1.72 bits per heavy atom. The molecule has 0 amide bonds. The van der Waals surface area contributed by atoms with Crippen LogP contribution in [-0.2, 0) is 22.4 Å². The summed E-state index contributed by atoms with van der Waals surface area (Å²) in [6.45, 7) is 3.98. The highest BCUT2D eigenvalue weighted by atomic mass is 32.2. The maximum atomic E-state index is 12.5. The second-order valence-corrected chi connectivity index (χ2v) is 8.07. The van der Waals surface area contributed by atoms with E-state index in [0.717, 1.165) is 28.3 Å². The van der Waals surface area contributed by atoms with Gasteiger partial charge in [-0.25, -0.2) is 13.3 Å². The molecule has 3 aromatic rings. The van der Waals surface area contributed by atoms with E-state index in [0.29, 0.717) is 22.9 Å². The zero-order valence-corrected chi connectivity index (χ0v) is 19.0. The van der Waals surface area contributed by atoms with E-state index in [-0.39, 0.29) is 11.3 Å². The third-order valence-corrected chi connectivity index (χ3v) is 5.61. The number of hydrogen-bond donors (Lipinski definition) is 2. The average Bonchev–Trinajstić information content (AvgIpc) is 2.77. The molecule has 0 aliphatic rings. The first kappa shape index (κ1) is 23.3. The number of nitrogen functional groups attached to an aromatic ring is 1. The van der Waals surface area contributed by atoms with E-state index in [1.165, 1.54) is 13.2 Å². The molecule has 32 heavy (non-hydrogen) atoms. The first-order valence-electron chi connectivity index (χ1n) is 10.1. The van der Waals surface area contributed by atoms with E-state index in [2.05, 4.69) is 6.92 Å². The molecule has 1 unspecified atom stereocenters. The molecule has 0 bridgehead atoms. The monoisotopic (exact) mass is 454 g/mol. The highest BCUT2D eigenvalue weighted by molar-refractivity contribution is 7.81. The number of carbonyl (C=O) groups is 1. The summed E-state index contributed by atoms with van der Waals surface area (Å²) < 4.78 is 34.2. The van der Waals surface area contributed by atoms with Crippen LogP contribution in [0.2, 0.25) is 0 Å². The van der Waals surface area contributed by atoms with Crippen LogP contribution >= 0.6 is 0 Å². The lowest BCUT2D eigenvalue weighted by molar-refractivity contribution is 0.0601. The molecule has 7 nitrogen and oxygen atoms in total. The average molecular weight is 455 g/mol. The van der Waals surface area contributed by atoms with E-state index in [9.17, 15) is 13.6 Å². The number of hydrogen-bond acceptors (Lipinski definition) is 5. The number of nitrogens with two attached hydrogens (primary N) is 1. The van der Waals surface area contributed by atoms with Gasteiger partial charge in [-0.3, -0.25) is 4.55 Å². The Labute approximate surface area is 190 Å². The molecule has 0 aromatic heterocycles. The Balaban J connectivity index is 2.02. The van der Waals surface area contributed by atoms with E-state index in [4.69, 9.17) is 15.2 Å². The molecule has 3 rings (SSSR count). The van der Waals surface area contributed by atoms with E-state index >= 15 is 0 Å². The topological polar surface area (TPSA) is 102 Å². The number of esters is 1. The van der Waals surface area contributed by atoms with Crippen molar-refractivity contribution in [1.82, 2.24) is 0 Å². The van der Waals surface area contributed by atoms with Gasteiger partial charge in [0.15, 0.2) is 0 Å². The van der Waals surface area contributed by atoms with Gasteiger partial charge < -0.3 is 15.2 Å². The number of anilines is 3. The summed E-state index contributed by atoms with van der Waals surface area (Å²) in [6.07, 6.45) is 1.77. The van der Waals surface area contributed by atoms with Gasteiger partial charge in [0.1, 0.15) is 11.5 Å². The molecule has 0 fully saturated rings. The van der Waals surface area contributed by atoms with Crippen LogP contribution in [0.4, 0.5) is 17.1 Å². The van der Waals surface area contributed by atoms with Gasteiger partial charge in [-0.1, -0.05) is 31.0 Å². The lowest BCUT2D eigenvalue weighted by atomic mass is 10.1. The summed E-state index contributed by atoms with van der Waals surface area (Å²) in [5.74, 6) is 0.304. The fourth-order valence-electron chi connectivity index (χ4n) is 3.29. The molecule has 8 heteroatoms. The Hall–Kier alpha value is -3.36. The van der Waals surface area contributed by atoms with Crippen LogP contribution in [0.15, 0.2) is 60.7 Å². The zero-order valence-electron chi connectivity index (χ0n) is 18.2. The maximum absolute atomic E-state index is 12.5. The summed E-state index contributed by atoms with van der Waals surface area (Å²) in [5.41, 5.74) is 9.47. The van der Waals surface area contributed by atoms with Crippen molar-refractivity contribution >= 4 is 34.3 Å². The number of rotatable bonds is 8. The summed E-state index contributed by atoms with van der Waals surface area (Å²) in [7, 11) is 1.25. The van der Waals surface area contributed by atoms with Gasteiger partial charge in [-0.2, -0.15) is 0 Å². The SMILES string of the molecule is CCCc1cc(Oc2ccc(N(c3ccc(C)cc3)S(=O)O)c(C(=O)OC)c2)ccc1N. The molecule has 168 valence electrons. The first-order valence-corrected chi connectivity index (χ1v) is 11.2. The Bertz CT molecular complexity index is 1130. The minimum Gasteiger partial charge on any atom is -0.465 e. The first-order chi connectivity index (χ1) is 15.3. The van der Waals surface area contributed by atoms with Crippen LogP contribution in [0.1, 0.15) is 34.8 Å². The number of methoxy groups -OCH3 is 1. The standard InChI is InChI=1S/C24H26N2O5S/c1-4-5-17-14-19(10-12-22(17)25)31-20-11-13-23(21(15-20)24(27)30-3)26(32(28)29)18-8-6-16(2)7-9-18/h6-15H,4-5,25H2,1-3H3,(H,28,29). The molecule has 0 aliphatic heterocycles. The molecule has 1 atom stereocenters. The van der Waals surface area contributed by atoms with Crippen molar-refractivity contribution in [3.63, 3.8) is 0 Å². The molecule has 0 heterocycles. The smallest absolute Gasteiger partial charge is 0.340 e. The summed E-state index contributed by atoms with van der Waals surface area (Å²) >= 11 is -2.42. The van der Waals surface area contributed by atoms with Gasteiger partial charge in [0.05, 0.1) is 24.0 Å². The number of carbonyl (C=O) groups excluding carboxylic acids is 1. The molecular weight excluding hydrogens is 428 g/mol. The second kappa shape index (κ2) is 10.3. The molecule has 0 radical (unpaired) electrons. The number of aryl methyl sites for hydroxylation is 2. The maximum Gasteiger partial charge on any atom is 0.340 e. The van der Waals surface area contributed by atoms with E-state index < -0.39 is 17.2 Å². The van der Waals surface area contributed by atoms with Gasteiger partial charge in [0, 0.05) is 5.69 Å². The Morgan fingerprint density at radius 1 is 1.06 bits per heavy atom. The largest absolute Gasteiger partial charge is 0.465 e. The summed E-state index contributed by atoms with van der Waals surface area (Å²) in [4.78, 5) is 12.5. The van der Waals surface area contributed by atoms with Gasteiger partial charge in [-0.15, -0.1) is 0 Å². The van der Waals surface area contributed by atoms with Crippen molar-refractivity contribution in [2.24, 2.45) is 0 Å². The molecular formula is C24H26N2O5S. The van der Waals surface area contributed by atoms with Crippen molar-refractivity contribution in [2.45, 2.75) is 26.7 Å². The quantitative estimate of drug-likeness (QED) is 0.269. The van der Waals surface area contributed by atoms with Crippen molar-refractivity contribution in [2.75, 3.05) is 17.1 Å². The van der Waals surface area contributed by atoms with Crippen LogP contribution in [0, 0.1) is 6.92 Å². The highest BCUT2D eigenvalue weighted by Gasteiger charge is 2.23. The van der Waals surface area contributed by atoms with Gasteiger partial charge >= 0.3 is 5.97 Å². The van der Waals surface area contributed by atoms with Gasteiger partial charge in [0.2, 0.25) is 0 Å². The lowest BCUT2D eigenvalue weighted by Crippen LogP contribution is -2.22. The van der Waals surface area contributed by atoms with Crippen molar-refractivity contribution in [3.8, 4) is 11.5 Å². The fraction of sp³-hybridized carbons (Fsp3) is 0.208. The van der Waals surface area contributed by atoms with Gasteiger partial charge in [-0.05, 0) is 67.4 Å². The Kier molecular flexibility index (Phi) is 7.50. The molecule has 3 aromatic carbocycles. The molecule has 0 saturated heterocycles.